The molecule has 1 aliphatic carbocycles. The Kier molecular flexibility index (Phi) is 1.48. The minimum absolute atomic E-state index is 0.155. The molecule has 1 N–H and O–H groups in total. The first-order valence-electron chi connectivity index (χ1n) is 4.89. The average molecular weight is 169 g/mol. The third-order valence-electron chi connectivity index (χ3n) is 3.51. The van der Waals surface area contributed by atoms with Gasteiger partial charge in [-0.2, -0.15) is 0 Å². The zero-order chi connectivity index (χ0) is 8.02. The molecule has 68 valence electrons. The summed E-state index contributed by atoms with van der Waals surface area (Å²) in [4.78, 5) is 0. The van der Waals surface area contributed by atoms with Gasteiger partial charge in [-0.05, 0) is 18.9 Å². The molecule has 1 spiro atoms. The van der Waals surface area contributed by atoms with Gasteiger partial charge in [0.05, 0.1) is 13.2 Å². The number of piperidine rings is 1. The van der Waals surface area contributed by atoms with E-state index < -0.39 is 0 Å². The molecule has 2 saturated heterocycles. The maximum atomic E-state index is 5.68. The monoisotopic (exact) mass is 169 g/mol. The summed E-state index contributed by atoms with van der Waals surface area (Å²) in [6.07, 6.45) is 2.44. The fraction of sp³-hybridized carbons (Fsp3) is 1.00. The standard InChI is InChI=1S/C9H15NO2/c1-2-10-6-8-7(1)5-9(8)11-3-4-12-9/h7-8,10H,1-6H2. The first-order chi connectivity index (χ1) is 5.91. The van der Waals surface area contributed by atoms with Gasteiger partial charge in [0.25, 0.3) is 0 Å². The van der Waals surface area contributed by atoms with E-state index in [9.17, 15) is 0 Å². The molecule has 2 unspecified atom stereocenters. The molecule has 3 fully saturated rings. The Bertz CT molecular complexity index is 189. The van der Waals surface area contributed by atoms with Crippen LogP contribution in [-0.4, -0.2) is 32.1 Å². The van der Waals surface area contributed by atoms with E-state index in [0.717, 1.165) is 32.1 Å². The summed E-state index contributed by atoms with van der Waals surface area (Å²) in [6.45, 7) is 3.86. The third kappa shape index (κ3) is 0.817. The molecule has 3 heteroatoms. The predicted molar refractivity (Wildman–Crippen MR) is 43.7 cm³/mol. The smallest absolute Gasteiger partial charge is 0.173 e. The van der Waals surface area contributed by atoms with Crippen LogP contribution in [0.25, 0.3) is 0 Å². The lowest BCUT2D eigenvalue weighted by molar-refractivity contribution is -0.279. The Labute approximate surface area is 72.4 Å². The second-order valence-electron chi connectivity index (χ2n) is 4.07. The highest BCUT2D eigenvalue weighted by Crippen LogP contribution is 2.51. The normalized spacial score (nSPS) is 44.0. The predicted octanol–water partition coefficient (Wildman–Crippen LogP) is 0.359. The molecular formula is C9H15NO2. The first kappa shape index (κ1) is 7.30. The van der Waals surface area contributed by atoms with Gasteiger partial charge in [-0.25, -0.2) is 0 Å². The molecule has 0 bridgehead atoms. The topological polar surface area (TPSA) is 30.5 Å². The maximum absolute atomic E-state index is 5.68. The van der Waals surface area contributed by atoms with Crippen LogP contribution in [0.5, 0.6) is 0 Å². The van der Waals surface area contributed by atoms with Crippen molar-refractivity contribution in [2.75, 3.05) is 26.3 Å². The molecule has 0 aromatic rings. The van der Waals surface area contributed by atoms with Crippen molar-refractivity contribution >= 4 is 0 Å². The van der Waals surface area contributed by atoms with Crippen molar-refractivity contribution in [3.05, 3.63) is 0 Å². The van der Waals surface area contributed by atoms with Gasteiger partial charge in [0.1, 0.15) is 0 Å². The van der Waals surface area contributed by atoms with Crippen molar-refractivity contribution in [2.24, 2.45) is 11.8 Å². The van der Waals surface area contributed by atoms with Crippen LogP contribution in [0.3, 0.4) is 0 Å². The Balaban J connectivity index is 1.75. The highest BCUT2D eigenvalue weighted by Gasteiger charge is 2.58. The van der Waals surface area contributed by atoms with Gasteiger partial charge < -0.3 is 14.8 Å². The molecule has 1 saturated carbocycles. The third-order valence-corrected chi connectivity index (χ3v) is 3.51. The van der Waals surface area contributed by atoms with Gasteiger partial charge in [0.15, 0.2) is 5.79 Å². The van der Waals surface area contributed by atoms with Crippen LogP contribution in [0.4, 0.5) is 0 Å². The number of ether oxygens (including phenoxy) is 2. The zero-order valence-corrected chi connectivity index (χ0v) is 7.21. The van der Waals surface area contributed by atoms with E-state index in [1.54, 1.807) is 0 Å². The molecule has 0 aromatic carbocycles. The average Bonchev–Trinajstić information content (AvgIpc) is 2.54. The number of hydrogen-bond acceptors (Lipinski definition) is 3. The van der Waals surface area contributed by atoms with Gasteiger partial charge in [-0.1, -0.05) is 0 Å². The quantitative estimate of drug-likeness (QED) is 0.568. The van der Waals surface area contributed by atoms with E-state index in [1.807, 2.05) is 0 Å². The van der Waals surface area contributed by atoms with Gasteiger partial charge in [0.2, 0.25) is 0 Å². The van der Waals surface area contributed by atoms with Crippen LogP contribution >= 0.6 is 0 Å². The Hall–Kier alpha value is -0.120. The Morgan fingerprint density at radius 1 is 1.25 bits per heavy atom. The van der Waals surface area contributed by atoms with E-state index in [4.69, 9.17) is 9.47 Å². The molecule has 12 heavy (non-hydrogen) atoms. The second kappa shape index (κ2) is 2.44. The van der Waals surface area contributed by atoms with E-state index >= 15 is 0 Å². The molecule has 0 amide bonds. The van der Waals surface area contributed by atoms with Crippen LogP contribution in [0.15, 0.2) is 0 Å². The number of hydrogen-bond donors (Lipinski definition) is 1. The van der Waals surface area contributed by atoms with Crippen LogP contribution in [0.1, 0.15) is 12.8 Å². The summed E-state index contributed by atoms with van der Waals surface area (Å²) in [7, 11) is 0. The van der Waals surface area contributed by atoms with Crippen LogP contribution in [0.2, 0.25) is 0 Å². The fourth-order valence-corrected chi connectivity index (χ4v) is 2.83. The Morgan fingerprint density at radius 2 is 2.08 bits per heavy atom. The van der Waals surface area contributed by atoms with Crippen LogP contribution in [-0.2, 0) is 9.47 Å². The van der Waals surface area contributed by atoms with Gasteiger partial charge >= 0.3 is 0 Å². The Morgan fingerprint density at radius 3 is 2.83 bits per heavy atom. The lowest BCUT2D eigenvalue weighted by Gasteiger charge is -2.53. The number of nitrogens with one attached hydrogen (secondary N) is 1. The van der Waals surface area contributed by atoms with Gasteiger partial charge in [-0.3, -0.25) is 0 Å². The van der Waals surface area contributed by atoms with Crippen molar-refractivity contribution in [1.29, 1.82) is 0 Å². The van der Waals surface area contributed by atoms with Gasteiger partial charge in [-0.15, -0.1) is 0 Å². The number of fused-ring (bicyclic) bond motifs is 2. The summed E-state index contributed by atoms with van der Waals surface area (Å²) in [5, 5.41) is 3.41. The molecule has 3 rings (SSSR count). The van der Waals surface area contributed by atoms with E-state index in [-0.39, 0.29) is 5.79 Å². The largest absolute Gasteiger partial charge is 0.347 e. The minimum atomic E-state index is -0.155. The maximum Gasteiger partial charge on any atom is 0.173 e. The van der Waals surface area contributed by atoms with Crippen molar-refractivity contribution in [3.63, 3.8) is 0 Å². The molecule has 0 aromatic heterocycles. The van der Waals surface area contributed by atoms with Crippen molar-refractivity contribution < 1.29 is 9.47 Å². The molecule has 2 atom stereocenters. The molecule has 3 aliphatic rings. The van der Waals surface area contributed by atoms with Crippen molar-refractivity contribution in [1.82, 2.24) is 5.32 Å². The molecule has 3 nitrogen and oxygen atoms in total. The summed E-state index contributed by atoms with van der Waals surface area (Å²) < 4.78 is 11.4. The van der Waals surface area contributed by atoms with E-state index in [1.165, 1.54) is 13.0 Å². The molecule has 2 aliphatic heterocycles. The molecule has 2 heterocycles. The lowest BCUT2D eigenvalue weighted by Crippen LogP contribution is -2.61. The van der Waals surface area contributed by atoms with Crippen molar-refractivity contribution in [3.8, 4) is 0 Å². The summed E-state index contributed by atoms with van der Waals surface area (Å²) in [5.41, 5.74) is 0. The molecular weight excluding hydrogens is 154 g/mol. The summed E-state index contributed by atoms with van der Waals surface area (Å²) >= 11 is 0. The zero-order valence-electron chi connectivity index (χ0n) is 7.21. The first-order valence-corrected chi connectivity index (χ1v) is 4.89. The summed E-state index contributed by atoms with van der Waals surface area (Å²) in [6, 6.07) is 0. The minimum Gasteiger partial charge on any atom is -0.347 e. The van der Waals surface area contributed by atoms with Crippen molar-refractivity contribution in [2.45, 2.75) is 18.6 Å². The molecule has 0 radical (unpaired) electrons. The fourth-order valence-electron chi connectivity index (χ4n) is 2.83. The second-order valence-corrected chi connectivity index (χ2v) is 4.07. The lowest BCUT2D eigenvalue weighted by atomic mass is 9.65. The highest BCUT2D eigenvalue weighted by atomic mass is 16.7. The van der Waals surface area contributed by atoms with Crippen LogP contribution in [0, 0.1) is 11.8 Å². The van der Waals surface area contributed by atoms with Gasteiger partial charge in [0, 0.05) is 18.9 Å². The van der Waals surface area contributed by atoms with Crippen LogP contribution < -0.4 is 5.32 Å². The SMILES string of the molecule is C1CC2CC3(OCCO3)C2CN1. The number of rotatable bonds is 0. The summed E-state index contributed by atoms with van der Waals surface area (Å²) in [5.74, 6) is 1.34. The van der Waals surface area contributed by atoms with E-state index in [2.05, 4.69) is 5.32 Å². The highest BCUT2D eigenvalue weighted by molar-refractivity contribution is 5.02. The van der Waals surface area contributed by atoms with E-state index in [0.29, 0.717) is 5.92 Å².